The molecule has 0 saturated carbocycles. The molecule has 3 N–H and O–H groups in total. The second kappa shape index (κ2) is 4.86. The number of hydrogen-bond acceptors (Lipinski definition) is 5. The first-order chi connectivity index (χ1) is 9.63. The van der Waals surface area contributed by atoms with Crippen LogP contribution >= 0.6 is 11.3 Å². The summed E-state index contributed by atoms with van der Waals surface area (Å²) in [5.74, 6) is -0.806. The molecule has 2 aromatic heterocycles. The van der Waals surface area contributed by atoms with Crippen LogP contribution in [-0.2, 0) is 6.61 Å². The molecule has 1 aromatic carbocycles. The lowest BCUT2D eigenvalue weighted by atomic mass is 10.2. The molecule has 20 heavy (non-hydrogen) atoms. The molecule has 0 aliphatic carbocycles. The fourth-order valence-electron chi connectivity index (χ4n) is 1.83. The molecule has 0 aliphatic heterocycles. The predicted molar refractivity (Wildman–Crippen MR) is 75.2 cm³/mol. The van der Waals surface area contributed by atoms with E-state index in [0.29, 0.717) is 5.69 Å². The molecule has 7 heteroatoms. The number of carboxylic acids is 1. The van der Waals surface area contributed by atoms with Crippen LogP contribution in [0.25, 0.3) is 4.96 Å². The Kier molecular flexibility index (Phi) is 3.03. The lowest BCUT2D eigenvalue weighted by Crippen LogP contribution is -2.04. The number of aromatic nitrogens is 2. The zero-order valence-corrected chi connectivity index (χ0v) is 11.1. The van der Waals surface area contributed by atoms with Gasteiger partial charge in [-0.2, -0.15) is 0 Å². The number of nitrogens with zero attached hydrogens (tertiary/aromatic N) is 2. The SMILES string of the molecule is Nc1ccc(C(=O)O)c(OCc2cn3ccsc3n2)c1. The largest absolute Gasteiger partial charge is 0.486 e. The molecular weight excluding hydrogens is 278 g/mol. The minimum absolute atomic E-state index is 0.0835. The van der Waals surface area contributed by atoms with Crippen molar-refractivity contribution in [2.24, 2.45) is 0 Å². The fraction of sp³-hybridized carbons (Fsp3) is 0.0769. The molecule has 0 saturated heterocycles. The number of hydrogen-bond donors (Lipinski definition) is 2. The molecule has 3 aromatic rings. The summed E-state index contributed by atoms with van der Waals surface area (Å²) in [6, 6.07) is 4.46. The number of carboxylic acid groups (broad SMARTS) is 1. The predicted octanol–water partition coefficient (Wildman–Crippen LogP) is 2.26. The minimum Gasteiger partial charge on any atom is -0.486 e. The highest BCUT2D eigenvalue weighted by molar-refractivity contribution is 7.15. The Morgan fingerprint density at radius 2 is 2.35 bits per heavy atom. The summed E-state index contributed by atoms with van der Waals surface area (Å²) in [6.07, 6.45) is 3.75. The van der Waals surface area contributed by atoms with Gasteiger partial charge in [0.05, 0.1) is 5.69 Å². The second-order valence-corrected chi connectivity index (χ2v) is 5.05. The van der Waals surface area contributed by atoms with Crippen molar-refractivity contribution in [3.63, 3.8) is 0 Å². The number of nitrogen functional groups attached to an aromatic ring is 1. The number of nitrogens with two attached hydrogens (primary N) is 1. The summed E-state index contributed by atoms with van der Waals surface area (Å²) in [5.41, 5.74) is 6.92. The van der Waals surface area contributed by atoms with E-state index in [1.807, 2.05) is 22.2 Å². The highest BCUT2D eigenvalue weighted by Crippen LogP contribution is 2.23. The maximum atomic E-state index is 11.1. The number of ether oxygens (including phenoxy) is 1. The third-order valence-electron chi connectivity index (χ3n) is 2.75. The van der Waals surface area contributed by atoms with E-state index in [1.165, 1.54) is 29.5 Å². The van der Waals surface area contributed by atoms with Crippen LogP contribution in [0.3, 0.4) is 0 Å². The van der Waals surface area contributed by atoms with Crippen LogP contribution in [-0.4, -0.2) is 20.5 Å². The molecule has 0 atom stereocenters. The first-order valence-electron chi connectivity index (χ1n) is 5.80. The van der Waals surface area contributed by atoms with Gasteiger partial charge in [-0.05, 0) is 12.1 Å². The number of aromatic carboxylic acids is 1. The molecule has 0 bridgehead atoms. The van der Waals surface area contributed by atoms with Crippen molar-refractivity contribution in [1.82, 2.24) is 9.38 Å². The number of anilines is 1. The van der Waals surface area contributed by atoms with E-state index < -0.39 is 5.97 Å². The Bertz CT molecular complexity index is 750. The maximum absolute atomic E-state index is 11.1. The van der Waals surface area contributed by atoms with Gasteiger partial charge in [-0.25, -0.2) is 9.78 Å². The lowest BCUT2D eigenvalue weighted by molar-refractivity contribution is 0.0691. The topological polar surface area (TPSA) is 89.9 Å². The van der Waals surface area contributed by atoms with Crippen LogP contribution in [0.15, 0.2) is 36.0 Å². The Morgan fingerprint density at radius 3 is 3.10 bits per heavy atom. The summed E-state index contributed by atoms with van der Waals surface area (Å²) in [7, 11) is 0. The van der Waals surface area contributed by atoms with E-state index in [2.05, 4.69) is 4.98 Å². The first-order valence-corrected chi connectivity index (χ1v) is 6.68. The molecule has 6 nitrogen and oxygen atoms in total. The normalized spacial score (nSPS) is 10.8. The second-order valence-electron chi connectivity index (χ2n) is 4.17. The van der Waals surface area contributed by atoms with Crippen molar-refractivity contribution in [2.45, 2.75) is 6.61 Å². The quantitative estimate of drug-likeness (QED) is 0.719. The van der Waals surface area contributed by atoms with Crippen molar-refractivity contribution in [2.75, 3.05) is 5.73 Å². The number of imidazole rings is 1. The van der Waals surface area contributed by atoms with E-state index in [-0.39, 0.29) is 17.9 Å². The molecule has 0 amide bonds. The Labute approximate surface area is 118 Å². The van der Waals surface area contributed by atoms with Gasteiger partial charge in [-0.15, -0.1) is 11.3 Å². The fourth-order valence-corrected chi connectivity index (χ4v) is 2.55. The molecule has 0 aliphatic rings. The van der Waals surface area contributed by atoms with Gasteiger partial charge in [0.15, 0.2) is 4.96 Å². The highest BCUT2D eigenvalue weighted by atomic mass is 32.1. The monoisotopic (exact) mass is 289 g/mol. The number of benzene rings is 1. The average molecular weight is 289 g/mol. The molecule has 0 unspecified atom stereocenters. The van der Waals surface area contributed by atoms with Gasteiger partial charge < -0.3 is 15.6 Å². The molecule has 0 fully saturated rings. The molecular formula is C13H11N3O3S. The van der Waals surface area contributed by atoms with Crippen molar-refractivity contribution in [1.29, 1.82) is 0 Å². The molecule has 0 radical (unpaired) electrons. The van der Waals surface area contributed by atoms with Crippen molar-refractivity contribution in [3.05, 3.63) is 47.2 Å². The Hall–Kier alpha value is -2.54. The Morgan fingerprint density at radius 1 is 1.50 bits per heavy atom. The number of fused-ring (bicyclic) bond motifs is 1. The molecule has 102 valence electrons. The number of rotatable bonds is 4. The van der Waals surface area contributed by atoms with Gasteiger partial charge >= 0.3 is 5.97 Å². The van der Waals surface area contributed by atoms with Crippen LogP contribution in [0, 0.1) is 0 Å². The lowest BCUT2D eigenvalue weighted by Gasteiger charge is -2.08. The summed E-state index contributed by atoms with van der Waals surface area (Å²) in [4.78, 5) is 16.3. The number of thiazole rings is 1. The van der Waals surface area contributed by atoms with E-state index in [1.54, 1.807) is 0 Å². The van der Waals surface area contributed by atoms with Crippen LogP contribution in [0.1, 0.15) is 16.1 Å². The third kappa shape index (κ3) is 2.30. The van der Waals surface area contributed by atoms with E-state index in [9.17, 15) is 4.79 Å². The standard InChI is InChI=1S/C13H11N3O3S/c14-8-1-2-10(12(17)18)11(5-8)19-7-9-6-16-3-4-20-13(16)15-9/h1-6H,7,14H2,(H,17,18). The summed E-state index contributed by atoms with van der Waals surface area (Å²) >= 11 is 1.52. The summed E-state index contributed by atoms with van der Waals surface area (Å²) in [6.45, 7) is 0.193. The summed E-state index contributed by atoms with van der Waals surface area (Å²) < 4.78 is 7.42. The third-order valence-corrected chi connectivity index (χ3v) is 3.53. The van der Waals surface area contributed by atoms with Crippen LogP contribution in [0.2, 0.25) is 0 Å². The van der Waals surface area contributed by atoms with Gasteiger partial charge in [-0.3, -0.25) is 4.40 Å². The van der Waals surface area contributed by atoms with Gasteiger partial charge in [0.25, 0.3) is 0 Å². The highest BCUT2D eigenvalue weighted by Gasteiger charge is 2.12. The van der Waals surface area contributed by atoms with Gasteiger partial charge in [0, 0.05) is 29.5 Å². The van der Waals surface area contributed by atoms with Crippen molar-refractivity contribution < 1.29 is 14.6 Å². The molecule has 0 spiro atoms. The summed E-state index contributed by atoms with van der Waals surface area (Å²) in [5, 5.41) is 11.0. The Balaban J connectivity index is 1.82. The average Bonchev–Trinajstić information content (AvgIpc) is 2.96. The van der Waals surface area contributed by atoms with Crippen LogP contribution in [0.5, 0.6) is 5.75 Å². The number of carbonyl (C=O) groups is 1. The zero-order chi connectivity index (χ0) is 14.1. The molecule has 2 heterocycles. The van der Waals surface area contributed by atoms with Crippen molar-refractivity contribution >= 4 is 28.0 Å². The van der Waals surface area contributed by atoms with Gasteiger partial charge in [0.2, 0.25) is 0 Å². The van der Waals surface area contributed by atoms with E-state index >= 15 is 0 Å². The first kappa shape index (κ1) is 12.5. The van der Waals surface area contributed by atoms with Crippen LogP contribution < -0.4 is 10.5 Å². The van der Waals surface area contributed by atoms with Gasteiger partial charge in [-0.1, -0.05) is 0 Å². The maximum Gasteiger partial charge on any atom is 0.339 e. The molecule has 3 rings (SSSR count). The van der Waals surface area contributed by atoms with E-state index in [4.69, 9.17) is 15.6 Å². The van der Waals surface area contributed by atoms with E-state index in [0.717, 1.165) is 10.7 Å². The zero-order valence-electron chi connectivity index (χ0n) is 10.3. The smallest absolute Gasteiger partial charge is 0.339 e. The van der Waals surface area contributed by atoms with Crippen LogP contribution in [0.4, 0.5) is 5.69 Å². The van der Waals surface area contributed by atoms with Gasteiger partial charge in [0.1, 0.15) is 17.9 Å². The van der Waals surface area contributed by atoms with Crippen molar-refractivity contribution in [3.8, 4) is 5.75 Å². The minimum atomic E-state index is -1.05.